The molecule has 0 saturated carbocycles. The van der Waals surface area contributed by atoms with E-state index in [2.05, 4.69) is 10.2 Å². The van der Waals surface area contributed by atoms with Gasteiger partial charge in [0.2, 0.25) is 11.7 Å². The van der Waals surface area contributed by atoms with E-state index in [0.717, 1.165) is 17.7 Å². The van der Waals surface area contributed by atoms with Crippen LogP contribution < -0.4 is 19.5 Å². The van der Waals surface area contributed by atoms with Gasteiger partial charge in [-0.25, -0.2) is 0 Å². The molecular weight excluding hydrogens is 356 g/mol. The standard InChI is InChI=1S/C22H30N2O4/c1-24(2)15-18(17-9-7-6-8-10-17)23-21(25)12-11-16-13-19(26-3)22(28-5)20(14-16)27-4/h6-10,13-14,18H,11-12,15H2,1-5H3,(H,23,25). The number of carbonyl (C=O) groups excluding carboxylic acids is 1. The number of methoxy groups -OCH3 is 3. The molecule has 1 N–H and O–H groups in total. The van der Waals surface area contributed by atoms with E-state index in [4.69, 9.17) is 14.2 Å². The molecule has 2 rings (SSSR count). The number of aryl methyl sites for hydroxylation is 1. The van der Waals surface area contributed by atoms with Gasteiger partial charge in [-0.15, -0.1) is 0 Å². The Balaban J connectivity index is 2.06. The van der Waals surface area contributed by atoms with Crippen LogP contribution in [-0.2, 0) is 11.2 Å². The molecule has 0 bridgehead atoms. The summed E-state index contributed by atoms with van der Waals surface area (Å²) in [4.78, 5) is 14.7. The summed E-state index contributed by atoms with van der Waals surface area (Å²) < 4.78 is 16.1. The topological polar surface area (TPSA) is 60.0 Å². The number of ether oxygens (including phenoxy) is 3. The van der Waals surface area contributed by atoms with Crippen molar-refractivity contribution in [1.29, 1.82) is 0 Å². The van der Waals surface area contributed by atoms with Crippen molar-refractivity contribution in [3.05, 3.63) is 53.6 Å². The van der Waals surface area contributed by atoms with Gasteiger partial charge in [-0.05, 0) is 43.8 Å². The van der Waals surface area contributed by atoms with Gasteiger partial charge < -0.3 is 24.4 Å². The average molecular weight is 386 g/mol. The van der Waals surface area contributed by atoms with E-state index in [-0.39, 0.29) is 11.9 Å². The van der Waals surface area contributed by atoms with Crippen LogP contribution in [0.15, 0.2) is 42.5 Å². The molecule has 0 spiro atoms. The van der Waals surface area contributed by atoms with Gasteiger partial charge in [0.1, 0.15) is 0 Å². The number of hydrogen-bond acceptors (Lipinski definition) is 5. The Morgan fingerprint density at radius 2 is 1.61 bits per heavy atom. The quantitative estimate of drug-likeness (QED) is 0.680. The highest BCUT2D eigenvalue weighted by Gasteiger charge is 2.17. The van der Waals surface area contributed by atoms with E-state index in [0.29, 0.717) is 30.1 Å². The number of likely N-dealkylation sites (N-methyl/N-ethyl adjacent to an activating group) is 1. The Kier molecular flexibility index (Phi) is 8.14. The van der Waals surface area contributed by atoms with Crippen molar-refractivity contribution in [2.45, 2.75) is 18.9 Å². The molecule has 28 heavy (non-hydrogen) atoms. The first-order valence-electron chi connectivity index (χ1n) is 9.26. The predicted octanol–water partition coefficient (Wildman–Crippen LogP) is 3.06. The van der Waals surface area contributed by atoms with E-state index in [1.165, 1.54) is 0 Å². The molecule has 0 aromatic heterocycles. The lowest BCUT2D eigenvalue weighted by Crippen LogP contribution is -2.35. The van der Waals surface area contributed by atoms with Crippen LogP contribution in [-0.4, -0.2) is 52.8 Å². The summed E-state index contributed by atoms with van der Waals surface area (Å²) in [6, 6.07) is 13.7. The molecule has 0 heterocycles. The number of nitrogens with one attached hydrogen (secondary N) is 1. The molecule has 2 aromatic rings. The van der Waals surface area contributed by atoms with Crippen molar-refractivity contribution in [2.75, 3.05) is 42.0 Å². The van der Waals surface area contributed by atoms with Crippen molar-refractivity contribution < 1.29 is 19.0 Å². The Morgan fingerprint density at radius 3 is 2.11 bits per heavy atom. The van der Waals surface area contributed by atoms with Crippen LogP contribution in [0, 0.1) is 0 Å². The fourth-order valence-corrected chi connectivity index (χ4v) is 3.09. The number of hydrogen-bond donors (Lipinski definition) is 1. The fraction of sp³-hybridized carbons (Fsp3) is 0.409. The van der Waals surface area contributed by atoms with Gasteiger partial charge in [0, 0.05) is 13.0 Å². The zero-order valence-electron chi connectivity index (χ0n) is 17.3. The summed E-state index contributed by atoms with van der Waals surface area (Å²) in [5, 5.41) is 3.15. The van der Waals surface area contributed by atoms with Gasteiger partial charge in [0.15, 0.2) is 11.5 Å². The number of benzene rings is 2. The third-order valence-corrected chi connectivity index (χ3v) is 4.45. The molecule has 0 saturated heterocycles. The van der Waals surface area contributed by atoms with E-state index >= 15 is 0 Å². The van der Waals surface area contributed by atoms with Gasteiger partial charge in [-0.2, -0.15) is 0 Å². The Labute approximate surface area is 167 Å². The lowest BCUT2D eigenvalue weighted by atomic mass is 10.0. The number of nitrogens with zero attached hydrogens (tertiary/aromatic N) is 1. The summed E-state index contributed by atoms with van der Waals surface area (Å²) in [7, 11) is 8.73. The third kappa shape index (κ3) is 5.89. The number of rotatable bonds is 10. The average Bonchev–Trinajstić information content (AvgIpc) is 2.71. The maximum absolute atomic E-state index is 12.6. The second-order valence-electron chi connectivity index (χ2n) is 6.83. The van der Waals surface area contributed by atoms with Crippen molar-refractivity contribution in [1.82, 2.24) is 10.2 Å². The first-order chi connectivity index (χ1) is 13.5. The summed E-state index contributed by atoms with van der Waals surface area (Å²) in [6.07, 6.45) is 0.946. The predicted molar refractivity (Wildman–Crippen MR) is 110 cm³/mol. The molecule has 152 valence electrons. The van der Waals surface area contributed by atoms with Crippen LogP contribution in [0.3, 0.4) is 0 Å². The molecule has 1 atom stereocenters. The zero-order chi connectivity index (χ0) is 20.5. The Morgan fingerprint density at radius 1 is 1.00 bits per heavy atom. The summed E-state index contributed by atoms with van der Waals surface area (Å²) >= 11 is 0. The van der Waals surface area contributed by atoms with Crippen molar-refractivity contribution in [2.24, 2.45) is 0 Å². The van der Waals surface area contributed by atoms with E-state index in [1.54, 1.807) is 21.3 Å². The summed E-state index contributed by atoms with van der Waals surface area (Å²) in [6.45, 7) is 0.736. The van der Waals surface area contributed by atoms with Crippen LogP contribution >= 0.6 is 0 Å². The molecule has 0 radical (unpaired) electrons. The summed E-state index contributed by atoms with van der Waals surface area (Å²) in [5.41, 5.74) is 2.05. The van der Waals surface area contributed by atoms with Crippen LogP contribution in [0.4, 0.5) is 0 Å². The van der Waals surface area contributed by atoms with Gasteiger partial charge in [-0.3, -0.25) is 4.79 Å². The maximum atomic E-state index is 12.6. The maximum Gasteiger partial charge on any atom is 0.220 e. The van der Waals surface area contributed by atoms with Crippen molar-refractivity contribution >= 4 is 5.91 Å². The Bertz CT molecular complexity index is 737. The van der Waals surface area contributed by atoms with Crippen LogP contribution in [0.2, 0.25) is 0 Å². The molecule has 1 amide bonds. The molecule has 0 aliphatic heterocycles. The third-order valence-electron chi connectivity index (χ3n) is 4.45. The van der Waals surface area contributed by atoms with Gasteiger partial charge in [-0.1, -0.05) is 30.3 Å². The van der Waals surface area contributed by atoms with Gasteiger partial charge >= 0.3 is 0 Å². The molecule has 0 aliphatic carbocycles. The van der Waals surface area contributed by atoms with Gasteiger partial charge in [0.05, 0.1) is 27.4 Å². The highest BCUT2D eigenvalue weighted by Crippen LogP contribution is 2.38. The largest absolute Gasteiger partial charge is 0.493 e. The minimum atomic E-state index is -0.0522. The molecule has 2 aromatic carbocycles. The molecule has 6 heteroatoms. The highest BCUT2D eigenvalue weighted by molar-refractivity contribution is 5.76. The van der Waals surface area contributed by atoms with Crippen LogP contribution in [0.1, 0.15) is 23.6 Å². The van der Waals surface area contributed by atoms with E-state index in [1.807, 2.05) is 56.6 Å². The van der Waals surface area contributed by atoms with Crippen LogP contribution in [0.5, 0.6) is 17.2 Å². The monoisotopic (exact) mass is 386 g/mol. The lowest BCUT2D eigenvalue weighted by Gasteiger charge is -2.23. The molecule has 1 unspecified atom stereocenters. The Hall–Kier alpha value is -2.73. The molecule has 0 fully saturated rings. The van der Waals surface area contributed by atoms with E-state index < -0.39 is 0 Å². The molecule has 0 aliphatic rings. The SMILES string of the molecule is COc1cc(CCC(=O)NC(CN(C)C)c2ccccc2)cc(OC)c1OC. The first-order valence-corrected chi connectivity index (χ1v) is 9.26. The number of carbonyl (C=O) groups is 1. The minimum absolute atomic E-state index is 0.00412. The molecule has 6 nitrogen and oxygen atoms in total. The fourth-order valence-electron chi connectivity index (χ4n) is 3.09. The lowest BCUT2D eigenvalue weighted by molar-refractivity contribution is -0.121. The normalized spacial score (nSPS) is 11.8. The van der Waals surface area contributed by atoms with Gasteiger partial charge in [0.25, 0.3) is 0 Å². The zero-order valence-corrected chi connectivity index (χ0v) is 17.3. The summed E-state index contributed by atoms with van der Waals surface area (Å²) in [5.74, 6) is 1.73. The molecular formula is C22H30N2O4. The highest BCUT2D eigenvalue weighted by atomic mass is 16.5. The van der Waals surface area contributed by atoms with Crippen LogP contribution in [0.25, 0.3) is 0 Å². The van der Waals surface area contributed by atoms with Crippen molar-refractivity contribution in [3.63, 3.8) is 0 Å². The second kappa shape index (κ2) is 10.6. The second-order valence-corrected chi connectivity index (χ2v) is 6.83. The smallest absolute Gasteiger partial charge is 0.220 e. The minimum Gasteiger partial charge on any atom is -0.493 e. The van der Waals surface area contributed by atoms with Crippen molar-refractivity contribution in [3.8, 4) is 17.2 Å². The number of amides is 1. The van der Waals surface area contributed by atoms with E-state index in [9.17, 15) is 4.79 Å². The first kappa shape index (κ1) is 21.6.